The van der Waals surface area contributed by atoms with Crippen LogP contribution in [0.4, 0.5) is 0 Å². The molecule has 0 radical (unpaired) electrons. The number of likely N-dealkylation sites (N-methyl/N-ethyl adjacent to an activating group) is 1. The highest BCUT2D eigenvalue weighted by atomic mass is 16.4. The van der Waals surface area contributed by atoms with E-state index in [-0.39, 0.29) is 0 Å². The van der Waals surface area contributed by atoms with Crippen LogP contribution in [0.1, 0.15) is 155 Å². The number of unbranched alkanes of at least 4 members (excludes halogenated alkanes) is 18. The summed E-state index contributed by atoms with van der Waals surface area (Å²) in [5, 5.41) is 13.8. The Morgan fingerprint density at radius 3 is 1.07 bits per heavy atom. The van der Waals surface area contributed by atoms with Crippen molar-refractivity contribution in [2.75, 3.05) is 7.05 Å². The normalized spacial score (nSPS) is 11.8. The molecule has 0 unspecified atom stereocenters. The largest absolute Gasteiger partial charge is 0.544 e. The zero-order valence-corrected chi connectivity index (χ0v) is 21.0. The van der Waals surface area contributed by atoms with Gasteiger partial charge in [-0.3, -0.25) is 0 Å². The molecule has 0 aliphatic carbocycles. The monoisotopic (exact) mass is 425 g/mol. The van der Waals surface area contributed by atoms with Crippen molar-refractivity contribution in [2.45, 2.75) is 161 Å². The molecule has 0 aromatic carbocycles. The molecular weight excluding hydrogens is 370 g/mol. The van der Waals surface area contributed by atoms with Gasteiger partial charge in [0.25, 0.3) is 0 Å². The molecule has 0 atom stereocenters. The molecule has 0 bridgehead atoms. The van der Waals surface area contributed by atoms with Gasteiger partial charge in [0.05, 0.1) is 7.05 Å². The van der Waals surface area contributed by atoms with Gasteiger partial charge < -0.3 is 15.2 Å². The Labute approximate surface area is 189 Å². The van der Waals surface area contributed by atoms with Crippen LogP contribution in [0.2, 0.25) is 0 Å². The van der Waals surface area contributed by atoms with Crippen LogP contribution in [0, 0.1) is 0 Å². The van der Waals surface area contributed by atoms with E-state index < -0.39 is 11.5 Å². The lowest BCUT2D eigenvalue weighted by Gasteiger charge is -2.31. The lowest BCUT2D eigenvalue weighted by molar-refractivity contribution is -0.698. The number of carbonyl (C=O) groups is 1. The molecule has 3 heteroatoms. The summed E-state index contributed by atoms with van der Waals surface area (Å²) in [4.78, 5) is 11.9. The number of quaternary nitrogens is 1. The first kappa shape index (κ1) is 29.4. The van der Waals surface area contributed by atoms with Gasteiger partial charge in [-0.25, -0.2) is 0 Å². The highest BCUT2D eigenvalue weighted by molar-refractivity contribution is 5.74. The molecule has 0 amide bonds. The van der Waals surface area contributed by atoms with Crippen LogP contribution in [-0.4, -0.2) is 18.6 Å². The summed E-state index contributed by atoms with van der Waals surface area (Å²) < 4.78 is 0. The van der Waals surface area contributed by atoms with Crippen LogP contribution < -0.4 is 10.4 Å². The Morgan fingerprint density at radius 1 is 0.567 bits per heavy atom. The summed E-state index contributed by atoms with van der Waals surface area (Å²) in [6, 6.07) is 0. The van der Waals surface area contributed by atoms with Crippen molar-refractivity contribution in [3.63, 3.8) is 0 Å². The number of carboxylic acid groups (broad SMARTS) is 1. The lowest BCUT2D eigenvalue weighted by Crippen LogP contribution is -2.97. The first-order chi connectivity index (χ1) is 14.6. The van der Waals surface area contributed by atoms with Crippen molar-refractivity contribution in [3.8, 4) is 0 Å². The van der Waals surface area contributed by atoms with Gasteiger partial charge in [0.1, 0.15) is 11.5 Å². The molecule has 0 aliphatic heterocycles. The lowest BCUT2D eigenvalue weighted by atomic mass is 9.86. The molecule has 180 valence electrons. The number of carbonyl (C=O) groups excluding carboxylic acids is 1. The number of aliphatic carboxylic acids is 1. The molecule has 0 aromatic heterocycles. The first-order valence-corrected chi connectivity index (χ1v) is 13.6. The summed E-state index contributed by atoms with van der Waals surface area (Å²) in [5.74, 6) is -0.850. The Hall–Kier alpha value is -0.570. The molecule has 0 saturated carbocycles. The van der Waals surface area contributed by atoms with Gasteiger partial charge in [-0.2, -0.15) is 0 Å². The van der Waals surface area contributed by atoms with Crippen LogP contribution in [0.3, 0.4) is 0 Å². The van der Waals surface area contributed by atoms with Crippen molar-refractivity contribution in [1.29, 1.82) is 0 Å². The minimum absolute atomic E-state index is 0.694. The summed E-state index contributed by atoms with van der Waals surface area (Å²) in [6.07, 6.45) is 27.3. The highest BCUT2D eigenvalue weighted by Gasteiger charge is 2.32. The third-order valence-corrected chi connectivity index (χ3v) is 6.91. The first-order valence-electron chi connectivity index (χ1n) is 13.6. The summed E-state index contributed by atoms with van der Waals surface area (Å²) in [6.45, 7) is 4.52. The molecule has 0 spiro atoms. The van der Waals surface area contributed by atoms with E-state index in [2.05, 4.69) is 13.8 Å². The number of rotatable bonds is 24. The minimum Gasteiger partial charge on any atom is -0.544 e. The third kappa shape index (κ3) is 16.2. The van der Waals surface area contributed by atoms with E-state index in [4.69, 9.17) is 0 Å². The van der Waals surface area contributed by atoms with Gasteiger partial charge in [-0.1, -0.05) is 129 Å². The number of hydrogen-bond acceptors (Lipinski definition) is 2. The van der Waals surface area contributed by atoms with Crippen molar-refractivity contribution < 1.29 is 15.2 Å². The molecular formula is C27H55NO2. The molecule has 0 rings (SSSR count). The van der Waals surface area contributed by atoms with Gasteiger partial charge in [0.15, 0.2) is 0 Å². The molecule has 0 heterocycles. The van der Waals surface area contributed by atoms with E-state index in [1.54, 1.807) is 0 Å². The van der Waals surface area contributed by atoms with Gasteiger partial charge in [0.2, 0.25) is 0 Å². The highest BCUT2D eigenvalue weighted by Crippen LogP contribution is 2.20. The van der Waals surface area contributed by atoms with Crippen LogP contribution in [-0.2, 0) is 4.79 Å². The average molecular weight is 426 g/mol. The molecule has 0 aliphatic rings. The maximum absolute atomic E-state index is 11.9. The van der Waals surface area contributed by atoms with Crippen molar-refractivity contribution >= 4 is 5.97 Å². The van der Waals surface area contributed by atoms with Gasteiger partial charge in [-0.15, -0.1) is 0 Å². The SMILES string of the molecule is CCCCCCCCCCCCC(CCCCCCCCCCCC)([NH2+]C)C(=O)[O-]. The van der Waals surface area contributed by atoms with E-state index in [1.165, 1.54) is 103 Å². The Bertz CT molecular complexity index is 346. The fourth-order valence-electron chi connectivity index (χ4n) is 4.59. The summed E-state index contributed by atoms with van der Waals surface area (Å²) in [7, 11) is 1.92. The zero-order chi connectivity index (χ0) is 22.3. The third-order valence-electron chi connectivity index (χ3n) is 6.91. The smallest absolute Gasteiger partial charge is 0.136 e. The van der Waals surface area contributed by atoms with Crippen LogP contribution in [0.25, 0.3) is 0 Å². The Kier molecular flexibility index (Phi) is 21.2. The van der Waals surface area contributed by atoms with E-state index in [0.717, 1.165) is 38.5 Å². The second-order valence-corrected chi connectivity index (χ2v) is 9.60. The summed E-state index contributed by atoms with van der Waals surface area (Å²) in [5.41, 5.74) is -0.694. The quantitative estimate of drug-likeness (QED) is 0.185. The topological polar surface area (TPSA) is 56.7 Å². The van der Waals surface area contributed by atoms with Gasteiger partial charge >= 0.3 is 0 Å². The number of nitrogens with two attached hydrogens (primary N) is 1. The van der Waals surface area contributed by atoms with Gasteiger partial charge in [-0.05, 0) is 12.8 Å². The van der Waals surface area contributed by atoms with E-state index >= 15 is 0 Å². The van der Waals surface area contributed by atoms with Gasteiger partial charge in [0, 0.05) is 12.8 Å². The maximum atomic E-state index is 11.9. The van der Waals surface area contributed by atoms with Crippen LogP contribution in [0.5, 0.6) is 0 Å². The predicted molar refractivity (Wildman–Crippen MR) is 129 cm³/mol. The van der Waals surface area contributed by atoms with E-state index in [9.17, 15) is 9.90 Å². The van der Waals surface area contributed by atoms with Crippen molar-refractivity contribution in [1.82, 2.24) is 0 Å². The number of hydrogen-bond donors (Lipinski definition) is 1. The van der Waals surface area contributed by atoms with Crippen LogP contribution >= 0.6 is 0 Å². The van der Waals surface area contributed by atoms with Crippen molar-refractivity contribution in [3.05, 3.63) is 0 Å². The zero-order valence-electron chi connectivity index (χ0n) is 21.0. The standard InChI is InChI=1S/C27H55NO2/c1-4-6-8-10-12-14-16-18-20-22-24-27(28-3,26(29)30)25-23-21-19-17-15-13-11-9-7-5-2/h28H,4-25H2,1-3H3,(H,29,30). The molecule has 3 nitrogen and oxygen atoms in total. The Morgan fingerprint density at radius 2 is 0.833 bits per heavy atom. The second kappa shape index (κ2) is 21.7. The molecule has 0 fully saturated rings. The average Bonchev–Trinajstić information content (AvgIpc) is 2.74. The fraction of sp³-hybridized carbons (Fsp3) is 0.963. The molecule has 0 saturated heterocycles. The molecule has 0 aromatic rings. The predicted octanol–water partition coefficient (Wildman–Crippen LogP) is 6.29. The molecule has 30 heavy (non-hydrogen) atoms. The van der Waals surface area contributed by atoms with E-state index in [0.29, 0.717) is 0 Å². The second-order valence-electron chi connectivity index (χ2n) is 9.60. The fourth-order valence-corrected chi connectivity index (χ4v) is 4.59. The van der Waals surface area contributed by atoms with E-state index in [1.807, 2.05) is 12.4 Å². The molecule has 2 N–H and O–H groups in total. The number of carboxylic acids is 1. The maximum Gasteiger partial charge on any atom is 0.136 e. The van der Waals surface area contributed by atoms with Crippen molar-refractivity contribution in [2.24, 2.45) is 0 Å². The summed E-state index contributed by atoms with van der Waals surface area (Å²) >= 11 is 0. The minimum atomic E-state index is -0.850. The van der Waals surface area contributed by atoms with Crippen LogP contribution in [0.15, 0.2) is 0 Å². The Balaban J connectivity index is 3.82.